The molecule has 1 aliphatic heterocycles. The van der Waals surface area contributed by atoms with E-state index in [4.69, 9.17) is 9.26 Å². The average molecular weight is 456 g/mol. The Kier molecular flexibility index (Phi) is 7.24. The number of hydrogen-bond donors (Lipinski definition) is 2. The molecule has 1 unspecified atom stereocenters. The quantitative estimate of drug-likeness (QED) is 0.411. The second-order valence-corrected chi connectivity index (χ2v) is 6.23. The van der Waals surface area contributed by atoms with Crippen LogP contribution in [0.25, 0.3) is 11.3 Å². The fourth-order valence-corrected chi connectivity index (χ4v) is 2.78. The average Bonchev–Trinajstić information content (AvgIpc) is 3.26. The Morgan fingerprint density at radius 2 is 2.08 bits per heavy atom. The fourth-order valence-electron chi connectivity index (χ4n) is 2.78. The summed E-state index contributed by atoms with van der Waals surface area (Å²) >= 11 is 0. The Hall–Kier alpha value is -1.61. The molecule has 2 aromatic rings. The Labute approximate surface area is 165 Å². The molecule has 0 amide bonds. The summed E-state index contributed by atoms with van der Waals surface area (Å²) < 4.78 is 11.2. The highest BCUT2D eigenvalue weighted by Crippen LogP contribution is 2.23. The highest BCUT2D eigenvalue weighted by molar-refractivity contribution is 14.0. The summed E-state index contributed by atoms with van der Waals surface area (Å²) in [6, 6.07) is 11.9. The number of nitrogens with one attached hydrogen (secondary N) is 2. The predicted octanol–water partition coefficient (Wildman–Crippen LogP) is 3.19. The van der Waals surface area contributed by atoms with E-state index in [1.165, 1.54) is 0 Å². The van der Waals surface area contributed by atoms with Crippen LogP contribution in [0.2, 0.25) is 0 Å². The molecule has 1 saturated heterocycles. The van der Waals surface area contributed by atoms with E-state index in [-0.39, 0.29) is 29.6 Å². The molecule has 7 heteroatoms. The largest absolute Gasteiger partial charge is 0.373 e. The van der Waals surface area contributed by atoms with Crippen LogP contribution >= 0.6 is 24.0 Å². The van der Waals surface area contributed by atoms with Gasteiger partial charge in [-0.3, -0.25) is 4.99 Å². The minimum Gasteiger partial charge on any atom is -0.373 e. The zero-order chi connectivity index (χ0) is 16.8. The van der Waals surface area contributed by atoms with E-state index >= 15 is 0 Å². The van der Waals surface area contributed by atoms with E-state index in [1.54, 1.807) is 7.05 Å². The van der Waals surface area contributed by atoms with E-state index in [0.717, 1.165) is 49.0 Å². The van der Waals surface area contributed by atoms with Crippen molar-refractivity contribution >= 4 is 29.9 Å². The third-order valence-electron chi connectivity index (χ3n) is 4.21. The van der Waals surface area contributed by atoms with E-state index in [2.05, 4.69) is 27.7 Å². The monoisotopic (exact) mass is 456 g/mol. The topological polar surface area (TPSA) is 71.7 Å². The van der Waals surface area contributed by atoms with E-state index < -0.39 is 0 Å². The molecule has 2 heterocycles. The maximum absolute atomic E-state index is 5.78. The molecule has 0 radical (unpaired) electrons. The second kappa shape index (κ2) is 9.19. The van der Waals surface area contributed by atoms with Gasteiger partial charge < -0.3 is 19.9 Å². The first-order chi connectivity index (χ1) is 11.7. The molecule has 1 aromatic carbocycles. The van der Waals surface area contributed by atoms with Gasteiger partial charge in [0.05, 0.1) is 12.1 Å². The Morgan fingerprint density at radius 3 is 2.76 bits per heavy atom. The van der Waals surface area contributed by atoms with Crippen molar-refractivity contribution in [3.8, 4) is 11.3 Å². The molecule has 2 N–H and O–H groups in total. The van der Waals surface area contributed by atoms with Crippen LogP contribution in [-0.2, 0) is 11.3 Å². The molecule has 0 bridgehead atoms. The minimum absolute atomic E-state index is 0. The highest BCUT2D eigenvalue weighted by atomic mass is 127. The van der Waals surface area contributed by atoms with Crippen molar-refractivity contribution in [2.45, 2.75) is 31.9 Å². The van der Waals surface area contributed by atoms with Crippen molar-refractivity contribution in [1.29, 1.82) is 0 Å². The number of aliphatic imine (C=N–C) groups is 1. The van der Waals surface area contributed by atoms with Crippen LogP contribution < -0.4 is 10.6 Å². The van der Waals surface area contributed by atoms with Gasteiger partial charge in [-0.05, 0) is 19.8 Å². The van der Waals surface area contributed by atoms with Crippen molar-refractivity contribution in [3.05, 3.63) is 42.1 Å². The van der Waals surface area contributed by atoms with Crippen LogP contribution in [0.15, 0.2) is 45.9 Å². The van der Waals surface area contributed by atoms with Gasteiger partial charge in [-0.1, -0.05) is 35.5 Å². The zero-order valence-corrected chi connectivity index (χ0v) is 16.9. The summed E-state index contributed by atoms with van der Waals surface area (Å²) in [6.07, 6.45) is 2.19. The van der Waals surface area contributed by atoms with E-state index in [1.807, 2.05) is 36.4 Å². The number of aromatic nitrogens is 1. The first-order valence-corrected chi connectivity index (χ1v) is 8.28. The lowest BCUT2D eigenvalue weighted by Gasteiger charge is -2.24. The standard InChI is InChI=1S/C18H24N4O2.HI/c1-18(9-6-10-23-18)13-21-17(19-2)20-12-15-11-16(24-22-15)14-7-4-3-5-8-14;/h3-5,7-8,11H,6,9-10,12-13H2,1-2H3,(H2,19,20,21);1H. The Balaban J connectivity index is 0.00000225. The molecule has 0 saturated carbocycles. The first-order valence-electron chi connectivity index (χ1n) is 8.28. The summed E-state index contributed by atoms with van der Waals surface area (Å²) in [7, 11) is 1.76. The van der Waals surface area contributed by atoms with Crippen molar-refractivity contribution < 1.29 is 9.26 Å². The van der Waals surface area contributed by atoms with Crippen LogP contribution in [0.5, 0.6) is 0 Å². The molecular weight excluding hydrogens is 431 g/mol. The maximum atomic E-state index is 5.78. The van der Waals surface area contributed by atoms with Gasteiger partial charge in [0.1, 0.15) is 5.69 Å². The third-order valence-corrected chi connectivity index (χ3v) is 4.21. The summed E-state index contributed by atoms with van der Waals surface area (Å²) in [6.45, 7) is 4.25. The second-order valence-electron chi connectivity index (χ2n) is 6.23. The smallest absolute Gasteiger partial charge is 0.191 e. The summed E-state index contributed by atoms with van der Waals surface area (Å²) in [4.78, 5) is 4.24. The Bertz CT molecular complexity index is 681. The number of rotatable bonds is 5. The fraction of sp³-hybridized carbons (Fsp3) is 0.444. The van der Waals surface area contributed by atoms with E-state index in [0.29, 0.717) is 6.54 Å². The zero-order valence-electron chi connectivity index (χ0n) is 14.6. The SMILES string of the molecule is CN=C(NCc1cc(-c2ccccc2)on1)NCC1(C)CCCO1.I. The lowest BCUT2D eigenvalue weighted by atomic mass is 10.0. The van der Waals surface area contributed by atoms with Gasteiger partial charge in [-0.15, -0.1) is 24.0 Å². The maximum Gasteiger partial charge on any atom is 0.191 e. The number of ether oxygens (including phenoxy) is 1. The molecule has 6 nitrogen and oxygen atoms in total. The molecule has 136 valence electrons. The summed E-state index contributed by atoms with van der Waals surface area (Å²) in [5.41, 5.74) is 1.75. The van der Waals surface area contributed by atoms with Crippen LogP contribution in [0.1, 0.15) is 25.5 Å². The molecule has 0 aliphatic carbocycles. The van der Waals surface area contributed by atoms with Gasteiger partial charge in [-0.25, -0.2) is 0 Å². The van der Waals surface area contributed by atoms with Gasteiger partial charge in [0.25, 0.3) is 0 Å². The van der Waals surface area contributed by atoms with Gasteiger partial charge in [0.15, 0.2) is 11.7 Å². The van der Waals surface area contributed by atoms with Crippen LogP contribution in [0, 0.1) is 0 Å². The molecule has 1 fully saturated rings. The van der Waals surface area contributed by atoms with Crippen LogP contribution in [0.3, 0.4) is 0 Å². The van der Waals surface area contributed by atoms with Crippen LogP contribution in [0.4, 0.5) is 0 Å². The van der Waals surface area contributed by atoms with Gasteiger partial charge in [-0.2, -0.15) is 0 Å². The third kappa shape index (κ3) is 5.43. The molecule has 3 rings (SSSR count). The van der Waals surface area contributed by atoms with Crippen molar-refractivity contribution in [2.24, 2.45) is 4.99 Å². The lowest BCUT2D eigenvalue weighted by Crippen LogP contribution is -2.45. The summed E-state index contributed by atoms with van der Waals surface area (Å²) in [5, 5.41) is 10.7. The number of hydrogen-bond acceptors (Lipinski definition) is 4. The summed E-state index contributed by atoms with van der Waals surface area (Å²) in [5.74, 6) is 1.50. The van der Waals surface area contributed by atoms with Crippen molar-refractivity contribution in [2.75, 3.05) is 20.2 Å². The van der Waals surface area contributed by atoms with Gasteiger partial charge in [0.2, 0.25) is 0 Å². The number of nitrogens with zero attached hydrogens (tertiary/aromatic N) is 2. The van der Waals surface area contributed by atoms with Gasteiger partial charge in [0, 0.05) is 31.8 Å². The number of halogens is 1. The number of guanidine groups is 1. The van der Waals surface area contributed by atoms with E-state index in [9.17, 15) is 0 Å². The highest BCUT2D eigenvalue weighted by Gasteiger charge is 2.29. The lowest BCUT2D eigenvalue weighted by molar-refractivity contribution is 0.0243. The predicted molar refractivity (Wildman–Crippen MR) is 109 cm³/mol. The van der Waals surface area contributed by atoms with Crippen LogP contribution in [-0.4, -0.2) is 36.9 Å². The normalized spacial score (nSPS) is 20.2. The number of benzene rings is 1. The molecule has 1 aliphatic rings. The van der Waals surface area contributed by atoms with Crippen molar-refractivity contribution in [1.82, 2.24) is 15.8 Å². The molecule has 1 atom stereocenters. The molecule has 25 heavy (non-hydrogen) atoms. The van der Waals surface area contributed by atoms with Crippen molar-refractivity contribution in [3.63, 3.8) is 0 Å². The molecule has 1 aromatic heterocycles. The molecular formula is C18H25IN4O2. The minimum atomic E-state index is -0.105. The Morgan fingerprint density at radius 1 is 1.28 bits per heavy atom. The van der Waals surface area contributed by atoms with Gasteiger partial charge >= 0.3 is 0 Å². The molecule has 0 spiro atoms. The first kappa shape index (κ1) is 19.7.